The average Bonchev–Trinajstić information content (AvgIpc) is 3.35. The summed E-state index contributed by atoms with van der Waals surface area (Å²) in [6, 6.07) is 10.5. The predicted octanol–water partition coefficient (Wildman–Crippen LogP) is 3.85. The van der Waals surface area contributed by atoms with Crippen molar-refractivity contribution in [3.8, 4) is 0 Å². The molecule has 2 heterocycles. The van der Waals surface area contributed by atoms with Crippen LogP contribution in [0.3, 0.4) is 0 Å². The number of nitrogens with zero attached hydrogens (tertiary/aromatic N) is 1. The number of carbonyl (C=O) groups is 1. The van der Waals surface area contributed by atoms with Gasteiger partial charge in [-0.05, 0) is 65.5 Å². The van der Waals surface area contributed by atoms with E-state index in [-0.39, 0.29) is 17.0 Å². The van der Waals surface area contributed by atoms with Gasteiger partial charge in [0.15, 0.2) is 0 Å². The normalized spacial score (nSPS) is 21.8. The first-order chi connectivity index (χ1) is 12.7. The van der Waals surface area contributed by atoms with E-state index in [2.05, 4.69) is 43.6 Å². The number of para-hydroxylation sites is 1. The van der Waals surface area contributed by atoms with E-state index < -0.39 is 0 Å². The van der Waals surface area contributed by atoms with Crippen LogP contribution in [0.15, 0.2) is 30.3 Å². The molecule has 2 fully saturated rings. The van der Waals surface area contributed by atoms with Crippen LogP contribution in [-0.2, 0) is 0 Å². The third kappa shape index (κ3) is 4.24. The van der Waals surface area contributed by atoms with Crippen LogP contribution < -0.4 is 16.0 Å². The number of rotatable bonds is 4. The number of hydrogen-bond donors (Lipinski definition) is 3. The van der Waals surface area contributed by atoms with Crippen molar-refractivity contribution in [3.63, 3.8) is 0 Å². The fourth-order valence-corrected chi connectivity index (χ4v) is 4.56. The van der Waals surface area contributed by atoms with Crippen LogP contribution in [0.25, 0.3) is 10.9 Å². The van der Waals surface area contributed by atoms with Crippen LogP contribution in [-0.4, -0.2) is 34.1 Å². The largest absolute Gasteiger partial charge is 0.367 e. The number of aromatic nitrogens is 1. The number of carbonyl (C=O) groups excluding carboxylic acids is 1. The van der Waals surface area contributed by atoms with E-state index in [1.54, 1.807) is 0 Å². The smallest absolute Gasteiger partial charge is 0.252 e. The van der Waals surface area contributed by atoms with Crippen molar-refractivity contribution in [2.45, 2.75) is 76.5 Å². The molecular weight excluding hydrogens is 336 g/mol. The number of benzene rings is 1. The standard InChI is InChI=1S/C22H30N4O/c1-21(2)12-15(13-22(3,4)26-21)23-19-11-17(20(27)24-14-9-10-14)16-7-5-6-8-18(16)25-19/h5-8,11,14-15,26H,9-10,12-13H2,1-4H3,(H,23,25)(H,24,27). The first-order valence-electron chi connectivity index (χ1n) is 9.97. The van der Waals surface area contributed by atoms with Gasteiger partial charge in [0, 0.05) is 28.5 Å². The topological polar surface area (TPSA) is 66.0 Å². The number of pyridine rings is 1. The van der Waals surface area contributed by atoms with Crippen LogP contribution in [0.2, 0.25) is 0 Å². The van der Waals surface area contributed by atoms with E-state index in [0.29, 0.717) is 17.6 Å². The quantitative estimate of drug-likeness (QED) is 0.769. The lowest BCUT2D eigenvalue weighted by Gasteiger charge is -2.46. The van der Waals surface area contributed by atoms with E-state index in [0.717, 1.165) is 42.4 Å². The van der Waals surface area contributed by atoms with Gasteiger partial charge in [-0.25, -0.2) is 4.98 Å². The average molecular weight is 367 g/mol. The van der Waals surface area contributed by atoms with Gasteiger partial charge in [-0.15, -0.1) is 0 Å². The third-order valence-corrected chi connectivity index (χ3v) is 5.42. The molecule has 1 saturated carbocycles. The Balaban J connectivity index is 1.64. The Morgan fingerprint density at radius 3 is 2.41 bits per heavy atom. The maximum Gasteiger partial charge on any atom is 0.252 e. The number of hydrogen-bond acceptors (Lipinski definition) is 4. The molecule has 1 aliphatic heterocycles. The molecule has 1 saturated heterocycles. The lowest BCUT2D eigenvalue weighted by molar-refractivity contribution is 0.0952. The van der Waals surface area contributed by atoms with E-state index in [9.17, 15) is 4.79 Å². The van der Waals surface area contributed by atoms with Gasteiger partial charge in [0.2, 0.25) is 0 Å². The van der Waals surface area contributed by atoms with Crippen molar-refractivity contribution in [2.24, 2.45) is 0 Å². The Morgan fingerprint density at radius 1 is 1.07 bits per heavy atom. The van der Waals surface area contributed by atoms with E-state index >= 15 is 0 Å². The number of anilines is 1. The van der Waals surface area contributed by atoms with Crippen LogP contribution in [0.5, 0.6) is 0 Å². The van der Waals surface area contributed by atoms with Crippen molar-refractivity contribution >= 4 is 22.6 Å². The van der Waals surface area contributed by atoms with Crippen LogP contribution in [0.1, 0.15) is 63.7 Å². The summed E-state index contributed by atoms with van der Waals surface area (Å²) in [5.74, 6) is 0.790. The zero-order chi connectivity index (χ0) is 19.2. The van der Waals surface area contributed by atoms with Gasteiger partial charge in [0.05, 0.1) is 11.1 Å². The van der Waals surface area contributed by atoms with Crippen LogP contribution >= 0.6 is 0 Å². The Labute approximate surface area is 161 Å². The monoisotopic (exact) mass is 366 g/mol. The molecule has 0 bridgehead atoms. The third-order valence-electron chi connectivity index (χ3n) is 5.42. The highest BCUT2D eigenvalue weighted by Gasteiger charge is 2.37. The molecule has 5 nitrogen and oxygen atoms in total. The molecule has 1 aromatic carbocycles. The first-order valence-corrected chi connectivity index (χ1v) is 9.97. The molecule has 0 spiro atoms. The molecule has 2 aliphatic rings. The predicted molar refractivity (Wildman–Crippen MR) is 110 cm³/mol. The second-order valence-electron chi connectivity index (χ2n) is 9.46. The van der Waals surface area contributed by atoms with E-state index in [1.807, 2.05) is 30.3 Å². The summed E-state index contributed by atoms with van der Waals surface area (Å²) in [4.78, 5) is 17.6. The zero-order valence-corrected chi connectivity index (χ0v) is 16.7. The van der Waals surface area contributed by atoms with Crippen molar-refractivity contribution in [1.29, 1.82) is 0 Å². The molecule has 0 radical (unpaired) electrons. The number of piperidine rings is 1. The molecule has 3 N–H and O–H groups in total. The molecule has 4 rings (SSSR count). The zero-order valence-electron chi connectivity index (χ0n) is 16.7. The molecule has 2 aromatic rings. The second kappa shape index (κ2) is 6.48. The minimum atomic E-state index is 0.00474. The molecular formula is C22H30N4O. The summed E-state index contributed by atoms with van der Waals surface area (Å²) in [5, 5.41) is 11.4. The fourth-order valence-electron chi connectivity index (χ4n) is 4.56. The summed E-state index contributed by atoms with van der Waals surface area (Å²) in [6.07, 6.45) is 4.18. The molecule has 27 heavy (non-hydrogen) atoms. The lowest BCUT2D eigenvalue weighted by Crippen LogP contribution is -2.60. The molecule has 144 valence electrons. The minimum Gasteiger partial charge on any atom is -0.367 e. The molecule has 0 atom stereocenters. The van der Waals surface area contributed by atoms with Gasteiger partial charge < -0.3 is 16.0 Å². The molecule has 1 aliphatic carbocycles. The van der Waals surface area contributed by atoms with Gasteiger partial charge in [-0.3, -0.25) is 4.79 Å². The van der Waals surface area contributed by atoms with Gasteiger partial charge in [-0.2, -0.15) is 0 Å². The summed E-state index contributed by atoms with van der Waals surface area (Å²) < 4.78 is 0. The second-order valence-corrected chi connectivity index (χ2v) is 9.46. The minimum absolute atomic E-state index is 0.00474. The van der Waals surface area contributed by atoms with Gasteiger partial charge in [-0.1, -0.05) is 18.2 Å². The highest BCUT2D eigenvalue weighted by molar-refractivity contribution is 6.07. The van der Waals surface area contributed by atoms with Crippen molar-refractivity contribution in [2.75, 3.05) is 5.32 Å². The summed E-state index contributed by atoms with van der Waals surface area (Å²) in [5.41, 5.74) is 1.68. The molecule has 1 amide bonds. The van der Waals surface area contributed by atoms with Crippen molar-refractivity contribution < 1.29 is 4.79 Å². The number of nitrogens with one attached hydrogen (secondary N) is 3. The maximum absolute atomic E-state index is 12.8. The Morgan fingerprint density at radius 2 is 1.74 bits per heavy atom. The SMILES string of the molecule is CC1(C)CC(Nc2cc(C(=O)NC3CC3)c3ccccc3n2)CC(C)(C)N1. The van der Waals surface area contributed by atoms with Gasteiger partial charge in [0.25, 0.3) is 5.91 Å². The van der Waals surface area contributed by atoms with E-state index in [4.69, 9.17) is 4.98 Å². The van der Waals surface area contributed by atoms with Gasteiger partial charge >= 0.3 is 0 Å². The highest BCUT2D eigenvalue weighted by atomic mass is 16.1. The van der Waals surface area contributed by atoms with E-state index in [1.165, 1.54) is 0 Å². The van der Waals surface area contributed by atoms with Gasteiger partial charge in [0.1, 0.15) is 5.82 Å². The Kier molecular flexibility index (Phi) is 4.38. The van der Waals surface area contributed by atoms with Crippen LogP contribution in [0, 0.1) is 0 Å². The number of fused-ring (bicyclic) bond motifs is 1. The Bertz CT molecular complexity index is 854. The molecule has 1 aromatic heterocycles. The highest BCUT2D eigenvalue weighted by Crippen LogP contribution is 2.31. The first kappa shape index (κ1) is 18.2. The molecule has 0 unspecified atom stereocenters. The summed E-state index contributed by atoms with van der Waals surface area (Å²) >= 11 is 0. The van der Waals surface area contributed by atoms with Crippen molar-refractivity contribution in [3.05, 3.63) is 35.9 Å². The van der Waals surface area contributed by atoms with Crippen LogP contribution in [0.4, 0.5) is 5.82 Å². The lowest BCUT2D eigenvalue weighted by atomic mass is 9.79. The number of amides is 1. The molecule has 5 heteroatoms. The maximum atomic E-state index is 12.8. The Hall–Kier alpha value is -2.14. The fraction of sp³-hybridized carbons (Fsp3) is 0.545. The summed E-state index contributed by atoms with van der Waals surface area (Å²) in [7, 11) is 0. The van der Waals surface area contributed by atoms with Crippen molar-refractivity contribution in [1.82, 2.24) is 15.6 Å². The summed E-state index contributed by atoms with van der Waals surface area (Å²) in [6.45, 7) is 8.96.